The average Bonchev–Trinajstić information content (AvgIpc) is 4.04. The topological polar surface area (TPSA) is 14.3 Å². The lowest BCUT2D eigenvalue weighted by Gasteiger charge is -2.31. The third-order valence-corrected chi connectivity index (χ3v) is 14.2. The summed E-state index contributed by atoms with van der Waals surface area (Å²) in [7, 11) is 71.2. The van der Waals surface area contributed by atoms with Crippen molar-refractivity contribution in [3.8, 4) is 33.6 Å². The third kappa shape index (κ3) is 4.81. The van der Waals surface area contributed by atoms with Gasteiger partial charge in [0.05, 0.1) is 29.9 Å². The van der Waals surface area contributed by atoms with Gasteiger partial charge in [0.1, 0.15) is 70.6 Å². The molecule has 4 heterocycles. The molecule has 20 radical (unpaired) electrons. The fraction of sp³-hybridized carbons (Fsp3) is 0.0980. The summed E-state index contributed by atoms with van der Waals surface area (Å²) in [5, 5.41) is 4.89. The van der Waals surface area contributed by atoms with Crippen molar-refractivity contribution in [3.05, 3.63) is 120 Å². The van der Waals surface area contributed by atoms with Crippen LogP contribution in [0.3, 0.4) is 0 Å². The maximum atomic E-state index is 7.66. The Labute approximate surface area is 384 Å². The van der Waals surface area contributed by atoms with Crippen LogP contribution in [0.4, 0.5) is 0 Å². The molecule has 2 unspecified atom stereocenters. The first kappa shape index (κ1) is 39.6. The highest BCUT2D eigenvalue weighted by molar-refractivity contribution is 6.68. The molecule has 2 atom stereocenters. The maximum absolute atomic E-state index is 7.66. The quantitative estimate of drug-likeness (QED) is 0.243. The van der Waals surface area contributed by atoms with E-state index in [9.17, 15) is 0 Å². The first-order valence-corrected chi connectivity index (χ1v) is 21.4. The number of benzene rings is 7. The van der Waals surface area contributed by atoms with E-state index in [2.05, 4.69) is 82.0 Å². The maximum Gasteiger partial charge on any atom is 0.115 e. The first-order chi connectivity index (χ1) is 30.9. The highest BCUT2D eigenvalue weighted by Crippen LogP contribution is 2.55. The zero-order valence-corrected chi connectivity index (χ0v) is 35.3. The van der Waals surface area contributed by atoms with Gasteiger partial charge in [-0.1, -0.05) is 113 Å². The highest BCUT2D eigenvalue weighted by atomic mass is 15.0. The van der Waals surface area contributed by atoms with Crippen LogP contribution in [0.1, 0.15) is 42.5 Å². The Morgan fingerprint density at radius 3 is 1.72 bits per heavy atom. The number of nitrogens with zero attached hydrogens (tertiary/aromatic N) is 3. The molecule has 0 aliphatic heterocycles. The lowest BCUT2D eigenvalue weighted by atomic mass is 9.63. The molecule has 0 N–H and O–H groups in total. The van der Waals surface area contributed by atoms with Crippen molar-refractivity contribution in [1.82, 2.24) is 13.5 Å². The Bertz CT molecular complexity index is 3850. The Morgan fingerprint density at radius 1 is 0.453 bits per heavy atom. The molecule has 0 amide bonds. The van der Waals surface area contributed by atoms with Crippen LogP contribution in [0.15, 0.2) is 103 Å². The number of fused-ring (bicyclic) bond motifs is 13. The van der Waals surface area contributed by atoms with Crippen LogP contribution < -0.4 is 49.2 Å². The van der Waals surface area contributed by atoms with Gasteiger partial charge in [-0.3, -0.25) is 0 Å². The molecule has 3 nitrogen and oxygen atoms in total. The number of hydrogen-bond donors (Lipinski definition) is 0. The van der Waals surface area contributed by atoms with Crippen LogP contribution >= 0.6 is 0 Å². The van der Waals surface area contributed by atoms with Crippen molar-refractivity contribution in [2.24, 2.45) is 0 Å². The Kier molecular flexibility index (Phi) is 8.54. The number of para-hydroxylation sites is 2. The molecule has 0 saturated heterocycles. The van der Waals surface area contributed by atoms with Gasteiger partial charge in [0.15, 0.2) is 0 Å². The summed E-state index contributed by atoms with van der Waals surface area (Å²) in [4.78, 5) is 0. The van der Waals surface area contributed by atoms with E-state index in [0.717, 1.165) is 88.8 Å². The minimum atomic E-state index is -0.621. The van der Waals surface area contributed by atoms with Gasteiger partial charge in [0.25, 0.3) is 0 Å². The van der Waals surface area contributed by atoms with Crippen molar-refractivity contribution in [2.45, 2.75) is 32.0 Å². The highest BCUT2D eigenvalue weighted by Gasteiger charge is 2.41. The van der Waals surface area contributed by atoms with Crippen LogP contribution in [-0.2, 0) is 6.42 Å². The second kappa shape index (κ2) is 13.8. The van der Waals surface area contributed by atoms with Gasteiger partial charge >= 0.3 is 0 Å². The Balaban J connectivity index is 1.27. The molecule has 0 fully saturated rings. The summed E-state index contributed by atoms with van der Waals surface area (Å²) >= 11 is 0. The van der Waals surface area contributed by atoms with Crippen LogP contribution in [0.25, 0.3) is 93.5 Å². The minimum Gasteiger partial charge on any atom is -0.314 e. The van der Waals surface area contributed by atoms with Gasteiger partial charge in [0.2, 0.25) is 0 Å². The molecule has 0 spiro atoms. The normalized spacial score (nSPS) is 15.1. The molecule has 0 bridgehead atoms. The number of hydrogen-bond acceptors (Lipinski definition) is 0. The van der Waals surface area contributed by atoms with E-state index in [4.69, 9.17) is 78.5 Å². The fourth-order valence-corrected chi connectivity index (χ4v) is 11.3. The number of aryl methyl sites for hydroxylation is 1. The van der Waals surface area contributed by atoms with Crippen LogP contribution in [-0.4, -0.2) is 92.0 Å². The number of rotatable bonds is 4. The molecular weight excluding hydrogens is 763 g/mol. The Morgan fingerprint density at radius 2 is 1.02 bits per heavy atom. The standard InChI is InChI=1S/C51H27B10N3/c1-3-25-38(53)30(22-12-6-4-7-13-22)39(54)35-36-42(57)43(58)40(55)33-31-32-34-41(56)44(59)45(60)46(61)51(34)63(50(32)37(52)21(2)47(31)64(48(25)35)49(33)36)24-18-19-29-27(20-24)26-16-10-11-17-28(26)62(29)23-14-8-5-9-15-23/h4-21,37H,3H2,1-2H3. The van der Waals surface area contributed by atoms with Crippen molar-refractivity contribution in [3.63, 3.8) is 0 Å². The predicted molar refractivity (Wildman–Crippen MR) is 280 cm³/mol. The monoisotopic (exact) mass is 791 g/mol. The second-order valence-electron chi connectivity index (χ2n) is 17.2. The van der Waals surface area contributed by atoms with Gasteiger partial charge in [-0.05, 0) is 76.6 Å². The molecule has 4 aromatic heterocycles. The van der Waals surface area contributed by atoms with Gasteiger partial charge in [0, 0.05) is 66.3 Å². The smallest absolute Gasteiger partial charge is 0.115 e. The lowest BCUT2D eigenvalue weighted by Crippen LogP contribution is -2.48. The van der Waals surface area contributed by atoms with E-state index >= 15 is 0 Å². The van der Waals surface area contributed by atoms with Crippen molar-refractivity contribution >= 4 is 188 Å². The van der Waals surface area contributed by atoms with Gasteiger partial charge in [-0.15, -0.1) is 16.4 Å². The van der Waals surface area contributed by atoms with Crippen molar-refractivity contribution < 1.29 is 0 Å². The van der Waals surface area contributed by atoms with E-state index in [0.29, 0.717) is 49.9 Å². The van der Waals surface area contributed by atoms with Crippen LogP contribution in [0, 0.1) is 0 Å². The molecule has 11 aromatic rings. The molecule has 1 aliphatic rings. The van der Waals surface area contributed by atoms with E-state index in [1.54, 1.807) is 0 Å². The Hall–Kier alpha value is -5.93. The largest absolute Gasteiger partial charge is 0.314 e. The predicted octanol–water partition coefficient (Wildman–Crippen LogP) is 2.09. The van der Waals surface area contributed by atoms with E-state index in [-0.39, 0.29) is 33.2 Å². The molecule has 64 heavy (non-hydrogen) atoms. The lowest BCUT2D eigenvalue weighted by molar-refractivity contribution is 0.671. The van der Waals surface area contributed by atoms with Crippen molar-refractivity contribution in [1.29, 1.82) is 0 Å². The van der Waals surface area contributed by atoms with Gasteiger partial charge in [-0.25, -0.2) is 0 Å². The molecule has 13 heteroatoms. The summed E-state index contributed by atoms with van der Waals surface area (Å²) in [6, 6.07) is 35.1. The molecule has 7 aromatic carbocycles. The zero-order chi connectivity index (χ0) is 44.4. The fourth-order valence-electron chi connectivity index (χ4n) is 11.3. The van der Waals surface area contributed by atoms with Crippen molar-refractivity contribution in [2.75, 3.05) is 0 Å². The summed E-state index contributed by atoms with van der Waals surface area (Å²) in [5.74, 6) is -0.953. The van der Waals surface area contributed by atoms with E-state index in [1.165, 1.54) is 0 Å². The summed E-state index contributed by atoms with van der Waals surface area (Å²) in [6.45, 7) is 4.21. The van der Waals surface area contributed by atoms with Crippen LogP contribution in [0.5, 0.6) is 0 Å². The van der Waals surface area contributed by atoms with E-state index < -0.39 is 5.82 Å². The first-order valence-electron chi connectivity index (χ1n) is 21.4. The van der Waals surface area contributed by atoms with E-state index in [1.807, 2.05) is 48.5 Å². The van der Waals surface area contributed by atoms with Gasteiger partial charge < -0.3 is 13.5 Å². The minimum absolute atomic E-state index is 0.181. The van der Waals surface area contributed by atoms with Crippen LogP contribution in [0.2, 0.25) is 0 Å². The van der Waals surface area contributed by atoms with Gasteiger partial charge in [-0.2, -0.15) is 0 Å². The molecular formula is C51H27B10N3. The molecule has 1 aliphatic carbocycles. The summed E-state index contributed by atoms with van der Waals surface area (Å²) in [6.07, 6.45) is 0.592. The molecule has 12 rings (SSSR count). The SMILES string of the molecule is [B]c1c([B])c([B])c2c(c1[B])c1c(n2-c2ccc3c(c2)c2ccccc2n3-c2ccccc2)C([B])C(C)c2c-1c1c([B])c([B])c([B])c3c4c([B])c(-c5ccccc5)c([B])c(CC)c4n2c13. The molecule has 0 saturated carbocycles. The summed E-state index contributed by atoms with van der Waals surface area (Å²) < 4.78 is 6.62. The number of aromatic nitrogens is 3. The molecule has 276 valence electrons. The third-order valence-electron chi connectivity index (χ3n) is 14.2. The zero-order valence-electron chi connectivity index (χ0n) is 35.3. The average molecular weight is 790 g/mol. The summed E-state index contributed by atoms with van der Waals surface area (Å²) in [5.41, 5.74) is 14.9. The second-order valence-corrected chi connectivity index (χ2v) is 17.2.